The highest BCUT2D eigenvalue weighted by atomic mass is 127. The van der Waals surface area contributed by atoms with Gasteiger partial charge in [-0.2, -0.15) is 0 Å². The Bertz CT molecular complexity index is 842. The average Bonchev–Trinajstić information content (AvgIpc) is 2.99. The van der Waals surface area contributed by atoms with E-state index in [0.717, 1.165) is 20.6 Å². The third-order valence-corrected chi connectivity index (χ3v) is 4.58. The van der Waals surface area contributed by atoms with Gasteiger partial charge in [0.2, 0.25) is 0 Å². The van der Waals surface area contributed by atoms with Gasteiger partial charge >= 0.3 is 0 Å². The van der Waals surface area contributed by atoms with Crippen LogP contribution in [-0.2, 0) is 6.54 Å². The molecule has 0 saturated carbocycles. The maximum absolute atomic E-state index is 12.4. The number of carbonyl (C=O) groups excluding carboxylic acids is 1. The second kappa shape index (κ2) is 6.95. The van der Waals surface area contributed by atoms with Gasteiger partial charge in [0.1, 0.15) is 5.82 Å². The van der Waals surface area contributed by atoms with Crippen molar-refractivity contribution in [2.45, 2.75) is 13.5 Å². The average molecular weight is 417 g/mol. The van der Waals surface area contributed by atoms with E-state index in [4.69, 9.17) is 0 Å². The van der Waals surface area contributed by atoms with Crippen molar-refractivity contribution < 1.29 is 4.79 Å². The SMILES string of the molecule is Cc1nccn1-c1ccccc1CNC(=O)c1ccccc1I. The number of aryl methyl sites for hydroxylation is 1. The number of aromatic nitrogens is 2. The van der Waals surface area contributed by atoms with Gasteiger partial charge in [-0.3, -0.25) is 4.79 Å². The zero-order chi connectivity index (χ0) is 16.2. The van der Waals surface area contributed by atoms with Crippen LogP contribution in [0.3, 0.4) is 0 Å². The summed E-state index contributed by atoms with van der Waals surface area (Å²) in [6.45, 7) is 2.43. The van der Waals surface area contributed by atoms with Crippen molar-refractivity contribution in [3.05, 3.63) is 81.4 Å². The molecular formula is C18H16IN3O. The molecule has 0 fully saturated rings. The number of imidazole rings is 1. The Labute approximate surface area is 148 Å². The predicted molar refractivity (Wildman–Crippen MR) is 98.6 cm³/mol. The van der Waals surface area contributed by atoms with Crippen molar-refractivity contribution in [3.8, 4) is 5.69 Å². The molecule has 3 aromatic rings. The highest BCUT2D eigenvalue weighted by Gasteiger charge is 2.11. The molecule has 1 heterocycles. The third kappa shape index (κ3) is 3.44. The molecule has 0 unspecified atom stereocenters. The van der Waals surface area contributed by atoms with Gasteiger partial charge in [-0.15, -0.1) is 0 Å². The molecule has 5 heteroatoms. The van der Waals surface area contributed by atoms with Gasteiger partial charge in [-0.25, -0.2) is 4.98 Å². The van der Waals surface area contributed by atoms with E-state index in [1.54, 1.807) is 6.20 Å². The first-order valence-electron chi connectivity index (χ1n) is 7.28. The Morgan fingerprint density at radius 1 is 1.17 bits per heavy atom. The summed E-state index contributed by atoms with van der Waals surface area (Å²) in [5.41, 5.74) is 2.78. The lowest BCUT2D eigenvalue weighted by Crippen LogP contribution is -2.24. The van der Waals surface area contributed by atoms with E-state index in [2.05, 4.69) is 32.9 Å². The standard InChI is InChI=1S/C18H16IN3O/c1-13-20-10-11-22(13)17-9-5-2-6-14(17)12-21-18(23)15-7-3-4-8-16(15)19/h2-11H,12H2,1H3,(H,21,23). The number of rotatable bonds is 4. The van der Waals surface area contributed by atoms with Crippen LogP contribution in [0.25, 0.3) is 5.69 Å². The number of nitrogens with one attached hydrogen (secondary N) is 1. The molecule has 0 aliphatic heterocycles. The predicted octanol–water partition coefficient (Wildman–Crippen LogP) is 3.72. The lowest BCUT2D eigenvalue weighted by atomic mass is 10.1. The van der Waals surface area contributed by atoms with E-state index in [0.29, 0.717) is 12.1 Å². The fourth-order valence-electron chi connectivity index (χ4n) is 2.44. The minimum absolute atomic E-state index is 0.0628. The van der Waals surface area contributed by atoms with Gasteiger partial charge in [0, 0.05) is 22.5 Å². The summed E-state index contributed by atoms with van der Waals surface area (Å²) in [5.74, 6) is 0.855. The van der Waals surface area contributed by atoms with Crippen LogP contribution < -0.4 is 5.32 Å². The number of para-hydroxylation sites is 1. The van der Waals surface area contributed by atoms with Crippen molar-refractivity contribution in [2.75, 3.05) is 0 Å². The van der Waals surface area contributed by atoms with Crippen molar-refractivity contribution in [3.63, 3.8) is 0 Å². The smallest absolute Gasteiger partial charge is 0.252 e. The van der Waals surface area contributed by atoms with E-state index in [-0.39, 0.29) is 5.91 Å². The van der Waals surface area contributed by atoms with Crippen LogP contribution in [0.4, 0.5) is 0 Å². The second-order valence-electron chi connectivity index (χ2n) is 5.14. The monoisotopic (exact) mass is 417 g/mol. The zero-order valence-electron chi connectivity index (χ0n) is 12.7. The van der Waals surface area contributed by atoms with Crippen molar-refractivity contribution in [1.82, 2.24) is 14.9 Å². The Morgan fingerprint density at radius 2 is 1.91 bits per heavy atom. The summed E-state index contributed by atoms with van der Waals surface area (Å²) in [4.78, 5) is 16.6. The fourth-order valence-corrected chi connectivity index (χ4v) is 3.08. The van der Waals surface area contributed by atoms with Gasteiger partial charge in [0.15, 0.2) is 0 Å². The molecular weight excluding hydrogens is 401 g/mol. The molecule has 2 aromatic carbocycles. The highest BCUT2D eigenvalue weighted by molar-refractivity contribution is 14.1. The van der Waals surface area contributed by atoms with E-state index in [1.807, 2.05) is 66.2 Å². The number of nitrogens with zero attached hydrogens (tertiary/aromatic N) is 2. The van der Waals surface area contributed by atoms with Crippen LogP contribution in [0.15, 0.2) is 60.9 Å². The highest BCUT2D eigenvalue weighted by Crippen LogP contribution is 2.17. The lowest BCUT2D eigenvalue weighted by Gasteiger charge is -2.13. The van der Waals surface area contributed by atoms with Crippen LogP contribution in [0.1, 0.15) is 21.7 Å². The molecule has 0 aliphatic carbocycles. The molecule has 1 aromatic heterocycles. The van der Waals surface area contributed by atoms with Crippen LogP contribution in [0.2, 0.25) is 0 Å². The molecule has 1 N–H and O–H groups in total. The number of carbonyl (C=O) groups is 1. The number of halogens is 1. The van der Waals surface area contributed by atoms with Crippen LogP contribution in [0, 0.1) is 10.5 Å². The minimum atomic E-state index is -0.0628. The second-order valence-corrected chi connectivity index (χ2v) is 6.30. The van der Waals surface area contributed by atoms with Crippen molar-refractivity contribution in [2.24, 2.45) is 0 Å². The molecule has 0 aliphatic rings. The third-order valence-electron chi connectivity index (χ3n) is 3.63. The maximum atomic E-state index is 12.4. The summed E-state index contributed by atoms with van der Waals surface area (Å²) in [5, 5.41) is 3.00. The van der Waals surface area contributed by atoms with Crippen LogP contribution in [-0.4, -0.2) is 15.5 Å². The Balaban J connectivity index is 1.81. The maximum Gasteiger partial charge on any atom is 0.252 e. The summed E-state index contributed by atoms with van der Waals surface area (Å²) in [6, 6.07) is 15.6. The number of hydrogen-bond donors (Lipinski definition) is 1. The van der Waals surface area contributed by atoms with Crippen LogP contribution >= 0.6 is 22.6 Å². The quantitative estimate of drug-likeness (QED) is 0.658. The molecule has 3 rings (SSSR count). The van der Waals surface area contributed by atoms with Crippen molar-refractivity contribution >= 4 is 28.5 Å². The van der Waals surface area contributed by atoms with Gasteiger partial charge in [-0.1, -0.05) is 30.3 Å². The Hall–Kier alpha value is -2.15. The summed E-state index contributed by atoms with van der Waals surface area (Å²) in [7, 11) is 0. The molecule has 4 nitrogen and oxygen atoms in total. The van der Waals surface area contributed by atoms with E-state index in [1.165, 1.54) is 0 Å². The van der Waals surface area contributed by atoms with E-state index >= 15 is 0 Å². The molecule has 0 saturated heterocycles. The molecule has 1 amide bonds. The Morgan fingerprint density at radius 3 is 2.65 bits per heavy atom. The van der Waals surface area contributed by atoms with Gasteiger partial charge in [-0.05, 0) is 53.3 Å². The molecule has 0 radical (unpaired) electrons. The first-order valence-corrected chi connectivity index (χ1v) is 8.35. The molecule has 116 valence electrons. The summed E-state index contributed by atoms with van der Waals surface area (Å²) < 4.78 is 2.97. The first kappa shape index (κ1) is 15.7. The lowest BCUT2D eigenvalue weighted by molar-refractivity contribution is 0.0950. The molecule has 0 bridgehead atoms. The Kier molecular flexibility index (Phi) is 4.76. The largest absolute Gasteiger partial charge is 0.348 e. The summed E-state index contributed by atoms with van der Waals surface area (Å²) in [6.07, 6.45) is 3.70. The van der Waals surface area contributed by atoms with E-state index < -0.39 is 0 Å². The van der Waals surface area contributed by atoms with Gasteiger partial charge in [0.05, 0.1) is 11.3 Å². The number of amides is 1. The first-order chi connectivity index (χ1) is 11.2. The van der Waals surface area contributed by atoms with Gasteiger partial charge in [0.25, 0.3) is 5.91 Å². The van der Waals surface area contributed by atoms with E-state index in [9.17, 15) is 4.79 Å². The molecule has 0 spiro atoms. The fraction of sp³-hybridized carbons (Fsp3) is 0.111. The molecule has 0 atom stereocenters. The number of benzene rings is 2. The zero-order valence-corrected chi connectivity index (χ0v) is 14.8. The van der Waals surface area contributed by atoms with Crippen LogP contribution in [0.5, 0.6) is 0 Å². The number of hydrogen-bond acceptors (Lipinski definition) is 2. The molecule has 23 heavy (non-hydrogen) atoms. The minimum Gasteiger partial charge on any atom is -0.348 e. The van der Waals surface area contributed by atoms with Crippen molar-refractivity contribution in [1.29, 1.82) is 0 Å². The normalized spacial score (nSPS) is 10.5. The van der Waals surface area contributed by atoms with Gasteiger partial charge < -0.3 is 9.88 Å². The summed E-state index contributed by atoms with van der Waals surface area (Å²) >= 11 is 2.18. The topological polar surface area (TPSA) is 46.9 Å².